The molecule has 1 fully saturated rings. The Hall–Kier alpha value is -3.49. The van der Waals surface area contributed by atoms with Crippen molar-refractivity contribution in [1.82, 2.24) is 14.8 Å². The van der Waals surface area contributed by atoms with Crippen LogP contribution in [0.4, 0.5) is 18.9 Å². The number of thiophene rings is 1. The molecule has 0 unspecified atom stereocenters. The molecule has 3 N–H and O–H groups in total. The number of alkyl halides is 3. The van der Waals surface area contributed by atoms with Crippen molar-refractivity contribution in [2.45, 2.75) is 31.8 Å². The van der Waals surface area contributed by atoms with E-state index in [1.165, 1.54) is 17.4 Å². The topological polar surface area (TPSA) is 126 Å². The number of hydrogen-bond donors (Lipinski definition) is 2. The summed E-state index contributed by atoms with van der Waals surface area (Å²) >= 11 is 4.95. The molecule has 2 atom stereocenters. The molecule has 1 saturated heterocycles. The number of amides is 2. The van der Waals surface area contributed by atoms with Crippen LogP contribution in [0.2, 0.25) is 0 Å². The van der Waals surface area contributed by atoms with Crippen LogP contribution in [0.1, 0.15) is 17.4 Å². The predicted molar refractivity (Wildman–Crippen MR) is 148 cm³/mol. The van der Waals surface area contributed by atoms with Gasteiger partial charge in [0.15, 0.2) is 0 Å². The zero-order valence-electron chi connectivity index (χ0n) is 21.4. The molecule has 3 heterocycles. The summed E-state index contributed by atoms with van der Waals surface area (Å²) in [5.41, 5.74) is 8.45. The number of nitrogens with zero attached hydrogens (tertiary/aromatic N) is 3. The summed E-state index contributed by atoms with van der Waals surface area (Å²) in [4.78, 5) is 44.0. The highest BCUT2D eigenvalue weighted by molar-refractivity contribution is 9.10. The molecule has 40 heavy (non-hydrogen) atoms. The Bertz CT molecular complexity index is 1410. The minimum absolute atomic E-state index is 0.128. The number of hydrogen-bond acceptors (Lipinski definition) is 7. The molecule has 2 aromatic heterocycles. The Labute approximate surface area is 240 Å². The van der Waals surface area contributed by atoms with Crippen molar-refractivity contribution in [3.63, 3.8) is 0 Å². The summed E-state index contributed by atoms with van der Waals surface area (Å²) in [5, 5.41) is 9.97. The van der Waals surface area contributed by atoms with E-state index in [2.05, 4.69) is 20.9 Å². The third kappa shape index (κ3) is 7.79. The summed E-state index contributed by atoms with van der Waals surface area (Å²) in [6.45, 7) is 3.12. The Morgan fingerprint density at radius 1 is 1.30 bits per heavy atom. The van der Waals surface area contributed by atoms with Crippen LogP contribution < -0.4 is 5.73 Å². The number of rotatable bonds is 6. The monoisotopic (exact) mass is 642 g/mol. The molecule has 9 nitrogen and oxygen atoms in total. The molecule has 0 radical (unpaired) electrons. The second kappa shape index (κ2) is 13.2. The van der Waals surface area contributed by atoms with Crippen LogP contribution >= 0.6 is 27.3 Å². The largest absolute Gasteiger partial charge is 0.490 e. The van der Waals surface area contributed by atoms with Gasteiger partial charge in [-0.25, -0.2) is 4.79 Å². The molecular weight excluding hydrogens is 617 g/mol. The molecule has 0 saturated carbocycles. The summed E-state index contributed by atoms with van der Waals surface area (Å²) in [6, 6.07) is 8.86. The lowest BCUT2D eigenvalue weighted by Crippen LogP contribution is -2.62. The van der Waals surface area contributed by atoms with Crippen LogP contribution in [0.5, 0.6) is 0 Å². The maximum atomic E-state index is 13.4. The summed E-state index contributed by atoms with van der Waals surface area (Å²) in [7, 11) is 1.55. The van der Waals surface area contributed by atoms with Gasteiger partial charge in [0.2, 0.25) is 11.8 Å². The number of anilines is 1. The first-order chi connectivity index (χ1) is 18.8. The SMILES string of the molecule is CO[C@H](C)[C@H]1C(=O)N(Cc2ccc3c(N)ccnc3c2)CCN1C(=O)C=Cc1cc(Br)cs1.O=C(O)C(F)(F)F. The highest BCUT2D eigenvalue weighted by Gasteiger charge is 2.40. The lowest BCUT2D eigenvalue weighted by molar-refractivity contribution is -0.192. The van der Waals surface area contributed by atoms with E-state index in [4.69, 9.17) is 20.4 Å². The summed E-state index contributed by atoms with van der Waals surface area (Å²) in [6.07, 6.45) is -0.547. The van der Waals surface area contributed by atoms with Gasteiger partial charge >= 0.3 is 12.1 Å². The summed E-state index contributed by atoms with van der Waals surface area (Å²) < 4.78 is 38.2. The molecule has 0 spiro atoms. The minimum Gasteiger partial charge on any atom is -0.475 e. The van der Waals surface area contributed by atoms with Gasteiger partial charge in [0.25, 0.3) is 0 Å². The quantitative estimate of drug-likeness (QED) is 0.378. The van der Waals surface area contributed by atoms with Crippen molar-refractivity contribution in [1.29, 1.82) is 0 Å². The van der Waals surface area contributed by atoms with Gasteiger partial charge in [0.05, 0.1) is 11.6 Å². The molecule has 1 aromatic carbocycles. The number of ether oxygens (including phenoxy) is 1. The lowest BCUT2D eigenvalue weighted by Gasteiger charge is -2.42. The van der Waals surface area contributed by atoms with E-state index in [0.29, 0.717) is 25.3 Å². The van der Waals surface area contributed by atoms with Gasteiger partial charge in [0.1, 0.15) is 6.04 Å². The van der Waals surface area contributed by atoms with Crippen molar-refractivity contribution in [3.05, 3.63) is 62.9 Å². The van der Waals surface area contributed by atoms with Crippen molar-refractivity contribution in [2.75, 3.05) is 25.9 Å². The van der Waals surface area contributed by atoms with Crippen molar-refractivity contribution in [3.8, 4) is 0 Å². The van der Waals surface area contributed by atoms with Crippen LogP contribution in [0.3, 0.4) is 0 Å². The van der Waals surface area contributed by atoms with Gasteiger partial charge in [-0.1, -0.05) is 12.1 Å². The second-order valence-corrected chi connectivity index (χ2v) is 10.6. The minimum atomic E-state index is -5.08. The smallest absolute Gasteiger partial charge is 0.475 e. The standard InChI is InChI=1S/C24H25BrN4O3S.C2HF3O2/c1-15(32-2)23-24(31)28(13-16-3-5-19-20(26)7-8-27-21(19)11-16)9-10-29(23)22(30)6-4-18-12-17(25)14-33-18;3-2(4,5)1(6)7/h3-8,11-12,14-15,23H,9-10,13H2,1-2H3,(H2,26,27);(H,6,7)/t15-,23+;/m1./s1. The first-order valence-electron chi connectivity index (χ1n) is 11.8. The highest BCUT2D eigenvalue weighted by atomic mass is 79.9. The average molecular weight is 643 g/mol. The van der Waals surface area contributed by atoms with Gasteiger partial charge in [-0.05, 0) is 52.7 Å². The fraction of sp³-hybridized carbons (Fsp3) is 0.308. The number of nitrogens with two attached hydrogens (primary N) is 1. The Morgan fingerprint density at radius 3 is 2.60 bits per heavy atom. The number of carbonyl (C=O) groups excluding carboxylic acids is 2. The molecule has 2 amide bonds. The number of pyridine rings is 1. The average Bonchev–Trinajstić information content (AvgIpc) is 3.32. The molecular formula is C26H26BrF3N4O5S. The maximum absolute atomic E-state index is 13.4. The fourth-order valence-corrected chi connectivity index (χ4v) is 5.32. The Balaban J connectivity index is 0.000000559. The van der Waals surface area contributed by atoms with E-state index in [1.54, 1.807) is 35.2 Å². The number of piperazine rings is 1. The number of aromatic nitrogens is 1. The Kier molecular flexibility index (Phi) is 10.3. The molecule has 0 bridgehead atoms. The second-order valence-electron chi connectivity index (χ2n) is 8.73. The number of carbonyl (C=O) groups is 3. The number of aliphatic carboxylic acids is 1. The van der Waals surface area contributed by atoms with Crippen molar-refractivity contribution in [2.24, 2.45) is 0 Å². The van der Waals surface area contributed by atoms with E-state index in [0.717, 1.165) is 25.8 Å². The van der Waals surface area contributed by atoms with E-state index < -0.39 is 24.3 Å². The van der Waals surface area contributed by atoms with Gasteiger partial charge in [-0.2, -0.15) is 13.2 Å². The molecule has 214 valence electrons. The van der Waals surface area contributed by atoms with Crippen LogP contribution in [0.15, 0.2) is 52.5 Å². The van der Waals surface area contributed by atoms with E-state index >= 15 is 0 Å². The number of methoxy groups -OCH3 is 1. The van der Waals surface area contributed by atoms with Crippen LogP contribution in [-0.4, -0.2) is 76.2 Å². The van der Waals surface area contributed by atoms with Gasteiger partial charge < -0.3 is 25.4 Å². The number of halogens is 4. The first-order valence-corrected chi connectivity index (χ1v) is 13.5. The fourth-order valence-electron chi connectivity index (χ4n) is 3.98. The number of carboxylic acids is 1. The van der Waals surface area contributed by atoms with Gasteiger partial charge in [-0.15, -0.1) is 11.3 Å². The Morgan fingerprint density at radius 2 is 2.00 bits per heavy atom. The number of carboxylic acid groups (broad SMARTS) is 1. The lowest BCUT2D eigenvalue weighted by atomic mass is 10.0. The normalized spacial score (nSPS) is 16.6. The van der Waals surface area contributed by atoms with Crippen molar-refractivity contribution >= 4 is 67.7 Å². The van der Waals surface area contributed by atoms with E-state index in [-0.39, 0.29) is 11.8 Å². The van der Waals surface area contributed by atoms with Gasteiger partial charge in [0, 0.05) is 64.8 Å². The van der Waals surface area contributed by atoms with Crippen LogP contribution in [-0.2, 0) is 25.7 Å². The highest BCUT2D eigenvalue weighted by Crippen LogP contribution is 2.24. The summed E-state index contributed by atoms with van der Waals surface area (Å²) in [5.74, 6) is -3.09. The molecule has 4 rings (SSSR count). The van der Waals surface area contributed by atoms with Crippen molar-refractivity contribution < 1.29 is 37.4 Å². The molecule has 1 aliphatic rings. The number of nitrogen functional groups attached to an aromatic ring is 1. The zero-order valence-corrected chi connectivity index (χ0v) is 23.8. The predicted octanol–water partition coefficient (Wildman–Crippen LogP) is 4.56. The van der Waals surface area contributed by atoms with E-state index in [1.807, 2.05) is 36.6 Å². The van der Waals surface area contributed by atoms with Crippen LogP contribution in [0, 0.1) is 0 Å². The van der Waals surface area contributed by atoms with Crippen LogP contribution in [0.25, 0.3) is 17.0 Å². The number of fused-ring (bicyclic) bond motifs is 1. The third-order valence-corrected chi connectivity index (χ3v) is 7.70. The molecule has 0 aliphatic carbocycles. The molecule has 14 heteroatoms. The van der Waals surface area contributed by atoms with E-state index in [9.17, 15) is 22.8 Å². The molecule has 1 aliphatic heterocycles. The first kappa shape index (κ1) is 31.0. The molecule has 3 aromatic rings. The number of benzene rings is 1. The van der Waals surface area contributed by atoms with Gasteiger partial charge in [-0.3, -0.25) is 14.6 Å². The zero-order chi connectivity index (χ0) is 29.6. The maximum Gasteiger partial charge on any atom is 0.490 e. The third-order valence-electron chi connectivity index (χ3n) is 6.05.